The molecule has 6 heteroatoms. The smallest absolute Gasteiger partial charge is 0.262 e. The molecule has 0 fully saturated rings. The summed E-state index contributed by atoms with van der Waals surface area (Å²) in [5.74, 6) is -1.63. The zero-order chi connectivity index (χ0) is 17.3. The van der Waals surface area contributed by atoms with E-state index >= 15 is 0 Å². The number of hydrogen-bond acceptors (Lipinski definition) is 3. The van der Waals surface area contributed by atoms with Crippen molar-refractivity contribution >= 4 is 17.4 Å². The molecular weight excluding hydrogens is 316 g/mol. The van der Waals surface area contributed by atoms with Gasteiger partial charge in [0.05, 0.1) is 5.56 Å². The van der Waals surface area contributed by atoms with Gasteiger partial charge in [-0.05, 0) is 36.2 Å². The quantitative estimate of drug-likeness (QED) is 0.930. The second kappa shape index (κ2) is 6.39. The minimum atomic E-state index is -0.503. The Morgan fingerprint density at radius 1 is 1.29 bits per heavy atom. The van der Waals surface area contributed by atoms with Gasteiger partial charge < -0.3 is 10.1 Å². The molecule has 0 bridgehead atoms. The zero-order valence-electron chi connectivity index (χ0n) is 12.9. The van der Waals surface area contributed by atoms with Gasteiger partial charge in [0, 0.05) is 17.7 Å². The Labute approximate surface area is 137 Å². The Hall–Kier alpha value is -2.76. The molecule has 1 amide bonds. The first-order valence-corrected chi connectivity index (χ1v) is 7.49. The van der Waals surface area contributed by atoms with Crippen LogP contribution in [0, 0.1) is 11.6 Å². The van der Waals surface area contributed by atoms with Crippen molar-refractivity contribution < 1.29 is 23.1 Å². The SMILES string of the molecule is C[C@H]1CC(=O)c2c(OCC(=O)Nc3cccc(F)c3)ccc(F)c21. The topological polar surface area (TPSA) is 55.4 Å². The monoisotopic (exact) mass is 331 g/mol. The Balaban J connectivity index is 1.72. The number of benzene rings is 2. The Bertz CT molecular complexity index is 820. The van der Waals surface area contributed by atoms with Crippen LogP contribution in [0.25, 0.3) is 0 Å². The number of ketones is 1. The molecule has 0 aromatic heterocycles. The molecule has 124 valence electrons. The fourth-order valence-electron chi connectivity index (χ4n) is 2.85. The average Bonchev–Trinajstić information content (AvgIpc) is 2.83. The lowest BCUT2D eigenvalue weighted by molar-refractivity contribution is -0.118. The number of Topliss-reactive ketones (excluding diaryl/α,β-unsaturated/α-hetero) is 1. The Morgan fingerprint density at radius 2 is 2.08 bits per heavy atom. The molecule has 0 saturated carbocycles. The molecule has 24 heavy (non-hydrogen) atoms. The molecule has 0 radical (unpaired) electrons. The van der Waals surface area contributed by atoms with E-state index in [0.29, 0.717) is 11.3 Å². The number of ether oxygens (including phenoxy) is 1. The number of rotatable bonds is 4. The minimum absolute atomic E-state index is 0.190. The summed E-state index contributed by atoms with van der Waals surface area (Å²) in [7, 11) is 0. The largest absolute Gasteiger partial charge is 0.483 e. The van der Waals surface area contributed by atoms with Crippen LogP contribution in [-0.2, 0) is 4.79 Å². The highest BCUT2D eigenvalue weighted by Crippen LogP contribution is 2.39. The molecule has 0 heterocycles. The maximum absolute atomic E-state index is 13.9. The molecule has 0 aliphatic heterocycles. The van der Waals surface area contributed by atoms with Crippen LogP contribution in [0.5, 0.6) is 5.75 Å². The van der Waals surface area contributed by atoms with Gasteiger partial charge in [0.2, 0.25) is 0 Å². The van der Waals surface area contributed by atoms with Crippen molar-refractivity contribution in [2.75, 3.05) is 11.9 Å². The highest BCUT2D eigenvalue weighted by Gasteiger charge is 2.32. The molecule has 2 aromatic rings. The molecule has 3 rings (SSSR count). The maximum atomic E-state index is 13.9. The van der Waals surface area contributed by atoms with E-state index < -0.39 is 17.5 Å². The summed E-state index contributed by atoms with van der Waals surface area (Å²) in [5.41, 5.74) is 0.849. The van der Waals surface area contributed by atoms with E-state index in [0.717, 1.165) is 0 Å². The van der Waals surface area contributed by atoms with Gasteiger partial charge in [-0.15, -0.1) is 0 Å². The molecular formula is C18H15F2NO3. The number of nitrogens with one attached hydrogen (secondary N) is 1. The third-order valence-electron chi connectivity index (χ3n) is 3.88. The van der Waals surface area contributed by atoms with E-state index in [4.69, 9.17) is 4.74 Å². The van der Waals surface area contributed by atoms with Crippen LogP contribution in [0.3, 0.4) is 0 Å². The summed E-state index contributed by atoms with van der Waals surface area (Å²) in [6.45, 7) is 1.41. The second-order valence-corrected chi connectivity index (χ2v) is 5.71. The van der Waals surface area contributed by atoms with Gasteiger partial charge in [-0.2, -0.15) is 0 Å². The van der Waals surface area contributed by atoms with Crippen LogP contribution in [0.4, 0.5) is 14.5 Å². The van der Waals surface area contributed by atoms with Crippen LogP contribution in [0.1, 0.15) is 35.2 Å². The summed E-state index contributed by atoms with van der Waals surface area (Å²) < 4.78 is 32.4. The van der Waals surface area contributed by atoms with Crippen molar-refractivity contribution in [3.05, 3.63) is 59.2 Å². The van der Waals surface area contributed by atoms with Crippen molar-refractivity contribution in [3.63, 3.8) is 0 Å². The van der Waals surface area contributed by atoms with Crippen LogP contribution in [0.2, 0.25) is 0 Å². The lowest BCUT2D eigenvalue weighted by Gasteiger charge is -2.12. The highest BCUT2D eigenvalue weighted by molar-refractivity contribution is 6.04. The number of fused-ring (bicyclic) bond motifs is 1. The Kier molecular flexibility index (Phi) is 4.29. The van der Waals surface area contributed by atoms with E-state index in [1.165, 1.54) is 30.3 Å². The fraction of sp³-hybridized carbons (Fsp3) is 0.222. The summed E-state index contributed by atoms with van der Waals surface area (Å²) in [6.07, 6.45) is 0.224. The van der Waals surface area contributed by atoms with Gasteiger partial charge in [-0.3, -0.25) is 9.59 Å². The average molecular weight is 331 g/mol. The molecule has 1 aliphatic rings. The van der Waals surface area contributed by atoms with E-state index in [-0.39, 0.29) is 36.0 Å². The predicted octanol–water partition coefficient (Wildman–Crippen LogP) is 3.67. The normalized spacial score (nSPS) is 16.0. The molecule has 1 atom stereocenters. The molecule has 1 N–H and O–H groups in total. The molecule has 1 aliphatic carbocycles. The summed E-state index contributed by atoms with van der Waals surface area (Å²) in [4.78, 5) is 23.9. The second-order valence-electron chi connectivity index (χ2n) is 5.71. The van der Waals surface area contributed by atoms with Gasteiger partial charge in [-0.25, -0.2) is 8.78 Å². The van der Waals surface area contributed by atoms with Gasteiger partial charge in [0.25, 0.3) is 5.91 Å². The van der Waals surface area contributed by atoms with Crippen molar-refractivity contribution in [2.24, 2.45) is 0 Å². The highest BCUT2D eigenvalue weighted by atomic mass is 19.1. The van der Waals surface area contributed by atoms with Crippen LogP contribution in [0.15, 0.2) is 36.4 Å². The Morgan fingerprint density at radius 3 is 2.83 bits per heavy atom. The van der Waals surface area contributed by atoms with Crippen molar-refractivity contribution in [2.45, 2.75) is 19.3 Å². The van der Waals surface area contributed by atoms with E-state index in [2.05, 4.69) is 5.32 Å². The van der Waals surface area contributed by atoms with E-state index in [1.807, 2.05) is 0 Å². The standard InChI is InChI=1S/C18H15F2NO3/c1-10-7-14(22)18-15(6-5-13(20)17(10)18)24-9-16(23)21-12-4-2-3-11(19)8-12/h2-6,8,10H,7,9H2,1H3,(H,21,23)/t10-/m0/s1. The first-order valence-electron chi connectivity index (χ1n) is 7.49. The summed E-state index contributed by atoms with van der Waals surface area (Å²) >= 11 is 0. The molecule has 2 aromatic carbocycles. The first kappa shape index (κ1) is 16.1. The summed E-state index contributed by atoms with van der Waals surface area (Å²) in [5, 5.41) is 2.49. The maximum Gasteiger partial charge on any atom is 0.262 e. The molecule has 0 saturated heterocycles. The minimum Gasteiger partial charge on any atom is -0.483 e. The van der Waals surface area contributed by atoms with Crippen molar-refractivity contribution in [1.82, 2.24) is 0 Å². The molecule has 4 nitrogen and oxygen atoms in total. The van der Waals surface area contributed by atoms with Gasteiger partial charge in [-0.1, -0.05) is 13.0 Å². The number of hydrogen-bond donors (Lipinski definition) is 1. The third kappa shape index (κ3) is 3.13. The number of anilines is 1. The van der Waals surface area contributed by atoms with Crippen molar-refractivity contribution in [1.29, 1.82) is 0 Å². The lowest BCUT2D eigenvalue weighted by atomic mass is 10.0. The van der Waals surface area contributed by atoms with Gasteiger partial charge >= 0.3 is 0 Å². The number of amides is 1. The molecule has 0 spiro atoms. The fourth-order valence-corrected chi connectivity index (χ4v) is 2.85. The van der Waals surface area contributed by atoms with Gasteiger partial charge in [0.15, 0.2) is 12.4 Å². The molecule has 0 unspecified atom stereocenters. The van der Waals surface area contributed by atoms with E-state index in [9.17, 15) is 18.4 Å². The summed E-state index contributed by atoms with van der Waals surface area (Å²) in [6, 6.07) is 8.03. The number of carbonyl (C=O) groups is 2. The predicted molar refractivity (Wildman–Crippen MR) is 84.3 cm³/mol. The number of carbonyl (C=O) groups excluding carboxylic acids is 2. The first-order chi connectivity index (χ1) is 11.5. The van der Waals surface area contributed by atoms with Crippen LogP contribution < -0.4 is 10.1 Å². The number of halogens is 2. The lowest BCUT2D eigenvalue weighted by Crippen LogP contribution is -2.20. The van der Waals surface area contributed by atoms with E-state index in [1.54, 1.807) is 13.0 Å². The van der Waals surface area contributed by atoms with Crippen LogP contribution in [-0.4, -0.2) is 18.3 Å². The third-order valence-corrected chi connectivity index (χ3v) is 3.88. The van der Waals surface area contributed by atoms with Crippen molar-refractivity contribution in [3.8, 4) is 5.75 Å². The van der Waals surface area contributed by atoms with Crippen LogP contribution >= 0.6 is 0 Å². The van der Waals surface area contributed by atoms with Gasteiger partial charge in [0.1, 0.15) is 17.4 Å². The zero-order valence-corrected chi connectivity index (χ0v) is 12.9.